The predicted molar refractivity (Wildman–Crippen MR) is 244 cm³/mol. The molecule has 1 aliphatic rings. The lowest BCUT2D eigenvalue weighted by atomic mass is 9.95. The number of rotatable bonds is 6. The zero-order valence-corrected chi connectivity index (χ0v) is 32.3. The number of phenolic OH excluding ortho intramolecular Hbond substituents is 2. The summed E-state index contributed by atoms with van der Waals surface area (Å²) >= 11 is 0. The van der Waals surface area contributed by atoms with Crippen molar-refractivity contribution in [2.24, 2.45) is 0 Å². The Morgan fingerprint density at radius 1 is 0.441 bits per heavy atom. The van der Waals surface area contributed by atoms with Gasteiger partial charge in [0.05, 0.1) is 11.0 Å². The molecule has 1 aromatic heterocycles. The number of allylic oxidation sites excluding steroid dienone is 5. The SMILES string of the molecule is C=C1C=CC(c2ccccc2)=C1c1ccccc1.O=C(c1ccccc1)c1ccc(O)c(-c2ccccc2O)c1.c1ccc(-n2c3ccccc3c3ccccc32)cc1. The van der Waals surface area contributed by atoms with E-state index in [1.54, 1.807) is 60.7 Å². The molecule has 0 fully saturated rings. The lowest BCUT2D eigenvalue weighted by molar-refractivity contribution is 0.103. The highest BCUT2D eigenvalue weighted by Gasteiger charge is 2.17. The summed E-state index contributed by atoms with van der Waals surface area (Å²) in [5.74, 6) is -0.0505. The Labute approximate surface area is 344 Å². The summed E-state index contributed by atoms with van der Waals surface area (Å²) < 4.78 is 2.32. The molecular weight excluding hydrogens is 723 g/mol. The minimum absolute atomic E-state index is 0.0195. The molecule has 0 unspecified atom stereocenters. The molecule has 0 saturated carbocycles. The number of benzene rings is 8. The summed E-state index contributed by atoms with van der Waals surface area (Å²) in [5.41, 5.74) is 11.7. The molecule has 4 nitrogen and oxygen atoms in total. The van der Waals surface area contributed by atoms with Gasteiger partial charge >= 0.3 is 0 Å². The molecule has 1 aliphatic carbocycles. The van der Waals surface area contributed by atoms with Crippen LogP contribution in [0.4, 0.5) is 0 Å². The minimum Gasteiger partial charge on any atom is -0.507 e. The fourth-order valence-corrected chi connectivity index (χ4v) is 7.46. The van der Waals surface area contributed by atoms with E-state index < -0.39 is 0 Å². The zero-order chi connectivity index (χ0) is 40.6. The first kappa shape index (κ1) is 37.9. The molecule has 0 spiro atoms. The van der Waals surface area contributed by atoms with Crippen molar-refractivity contribution in [2.75, 3.05) is 0 Å². The molecule has 10 rings (SSSR count). The van der Waals surface area contributed by atoms with E-state index in [1.165, 1.54) is 55.8 Å². The van der Waals surface area contributed by atoms with Crippen LogP contribution in [0.3, 0.4) is 0 Å². The van der Waals surface area contributed by atoms with Crippen molar-refractivity contribution in [1.29, 1.82) is 0 Å². The van der Waals surface area contributed by atoms with Crippen molar-refractivity contribution in [2.45, 2.75) is 0 Å². The maximum absolute atomic E-state index is 12.5. The number of phenols is 2. The molecule has 0 aliphatic heterocycles. The molecule has 0 atom stereocenters. The molecule has 0 saturated heterocycles. The highest BCUT2D eigenvalue weighted by molar-refractivity contribution is 6.10. The van der Waals surface area contributed by atoms with Crippen LogP contribution in [-0.4, -0.2) is 20.6 Å². The summed E-state index contributed by atoms with van der Waals surface area (Å²) in [4.78, 5) is 12.5. The van der Waals surface area contributed by atoms with Gasteiger partial charge in [0.2, 0.25) is 0 Å². The second-order valence-corrected chi connectivity index (χ2v) is 14.0. The highest BCUT2D eigenvalue weighted by atomic mass is 16.3. The first-order valence-corrected chi connectivity index (χ1v) is 19.4. The van der Waals surface area contributed by atoms with Crippen LogP contribution in [0.2, 0.25) is 0 Å². The first-order valence-electron chi connectivity index (χ1n) is 19.4. The summed E-state index contributed by atoms with van der Waals surface area (Å²) in [6.07, 6.45) is 4.24. The molecule has 9 aromatic rings. The van der Waals surface area contributed by atoms with E-state index in [4.69, 9.17) is 0 Å². The van der Waals surface area contributed by atoms with Gasteiger partial charge in [-0.15, -0.1) is 0 Å². The van der Waals surface area contributed by atoms with Gasteiger partial charge in [-0.1, -0.05) is 183 Å². The van der Waals surface area contributed by atoms with Crippen LogP contribution < -0.4 is 0 Å². The van der Waals surface area contributed by atoms with Gasteiger partial charge in [-0.3, -0.25) is 4.79 Å². The first-order chi connectivity index (χ1) is 29.0. The number of para-hydroxylation sites is 4. The fourth-order valence-electron chi connectivity index (χ4n) is 7.46. The van der Waals surface area contributed by atoms with Crippen molar-refractivity contribution < 1.29 is 15.0 Å². The van der Waals surface area contributed by atoms with Crippen LogP contribution in [0.25, 0.3) is 49.8 Å². The molecular formula is C55H41NO3. The monoisotopic (exact) mass is 763 g/mol. The van der Waals surface area contributed by atoms with Crippen molar-refractivity contribution in [3.05, 3.63) is 259 Å². The zero-order valence-electron chi connectivity index (χ0n) is 32.3. The molecule has 0 amide bonds. The number of aromatic nitrogens is 1. The van der Waals surface area contributed by atoms with E-state index in [9.17, 15) is 15.0 Å². The van der Waals surface area contributed by atoms with Crippen LogP contribution >= 0.6 is 0 Å². The average Bonchev–Trinajstić information content (AvgIpc) is 3.86. The quantitative estimate of drug-likeness (QED) is 0.166. The third-order valence-corrected chi connectivity index (χ3v) is 10.3. The third kappa shape index (κ3) is 8.15. The molecule has 0 bridgehead atoms. The number of carbonyl (C=O) groups excluding carboxylic acids is 1. The van der Waals surface area contributed by atoms with Gasteiger partial charge in [0.15, 0.2) is 5.78 Å². The smallest absolute Gasteiger partial charge is 0.193 e. The Hall–Kier alpha value is -7.95. The Balaban J connectivity index is 0.000000124. The fraction of sp³-hybridized carbons (Fsp3) is 0. The Morgan fingerprint density at radius 3 is 1.54 bits per heavy atom. The number of hydrogen-bond acceptors (Lipinski definition) is 3. The van der Waals surface area contributed by atoms with Gasteiger partial charge in [-0.05, 0) is 76.4 Å². The van der Waals surface area contributed by atoms with Crippen molar-refractivity contribution in [1.82, 2.24) is 4.57 Å². The summed E-state index contributed by atoms with van der Waals surface area (Å²) in [7, 11) is 0. The lowest BCUT2D eigenvalue weighted by Gasteiger charge is -2.09. The number of carbonyl (C=O) groups is 1. The van der Waals surface area contributed by atoms with E-state index in [0.29, 0.717) is 22.3 Å². The number of fused-ring (bicyclic) bond motifs is 3. The third-order valence-electron chi connectivity index (χ3n) is 10.3. The van der Waals surface area contributed by atoms with E-state index in [0.717, 1.165) is 5.57 Å². The van der Waals surface area contributed by atoms with E-state index in [-0.39, 0.29) is 17.3 Å². The standard InChI is InChI=1S/C19H14O3.C18H13N.C18H14/c20-17-9-5-4-8-15(17)16-12-14(10-11-18(16)21)19(22)13-6-2-1-3-7-13;1-2-8-14(9-3-1)19-17-12-6-4-10-15(17)16-11-5-7-13-18(16)19;1-14-12-13-17(15-8-4-2-5-9-15)18(14)16-10-6-3-7-11-16/h1-12,20-21H;1-13H;2-13H,1H2. The minimum atomic E-state index is -0.128. The summed E-state index contributed by atoms with van der Waals surface area (Å²) in [5, 5.41) is 22.6. The number of nitrogens with zero attached hydrogens (tertiary/aromatic N) is 1. The molecule has 8 aromatic carbocycles. The molecule has 2 N–H and O–H groups in total. The molecule has 1 heterocycles. The van der Waals surface area contributed by atoms with Crippen molar-refractivity contribution in [3.63, 3.8) is 0 Å². The van der Waals surface area contributed by atoms with E-state index >= 15 is 0 Å². The van der Waals surface area contributed by atoms with E-state index in [1.807, 2.05) is 18.2 Å². The van der Waals surface area contributed by atoms with Crippen LogP contribution in [0, 0.1) is 0 Å². The summed E-state index contributed by atoms with van der Waals surface area (Å²) in [6, 6.07) is 68.9. The number of ketones is 1. The van der Waals surface area contributed by atoms with Crippen LogP contribution in [-0.2, 0) is 0 Å². The van der Waals surface area contributed by atoms with Crippen molar-refractivity contribution in [3.8, 4) is 28.3 Å². The van der Waals surface area contributed by atoms with Gasteiger partial charge in [-0.25, -0.2) is 0 Å². The maximum Gasteiger partial charge on any atom is 0.193 e. The van der Waals surface area contributed by atoms with Crippen LogP contribution in [0.5, 0.6) is 11.5 Å². The molecule has 59 heavy (non-hydrogen) atoms. The van der Waals surface area contributed by atoms with Crippen LogP contribution in [0.15, 0.2) is 237 Å². The number of aromatic hydroxyl groups is 2. The molecule has 4 heteroatoms. The second-order valence-electron chi connectivity index (χ2n) is 14.0. The van der Waals surface area contributed by atoms with Gasteiger partial charge in [0.25, 0.3) is 0 Å². The van der Waals surface area contributed by atoms with Gasteiger partial charge < -0.3 is 14.8 Å². The van der Waals surface area contributed by atoms with E-state index in [2.05, 4.69) is 151 Å². The Kier molecular flexibility index (Phi) is 11.2. The van der Waals surface area contributed by atoms with Crippen molar-refractivity contribution >= 4 is 38.7 Å². The average molecular weight is 764 g/mol. The topological polar surface area (TPSA) is 62.5 Å². The normalized spacial score (nSPS) is 11.8. The largest absolute Gasteiger partial charge is 0.507 e. The predicted octanol–water partition coefficient (Wildman–Crippen LogP) is 13.5. The number of hydrogen-bond donors (Lipinski definition) is 2. The van der Waals surface area contributed by atoms with Gasteiger partial charge in [-0.2, -0.15) is 0 Å². The Bertz CT molecular complexity index is 2870. The highest BCUT2D eigenvalue weighted by Crippen LogP contribution is 2.38. The molecule has 284 valence electrons. The maximum atomic E-state index is 12.5. The lowest BCUT2D eigenvalue weighted by Crippen LogP contribution is -2.01. The summed E-state index contributed by atoms with van der Waals surface area (Å²) in [6.45, 7) is 4.14. The Morgan fingerprint density at radius 2 is 0.932 bits per heavy atom. The van der Waals surface area contributed by atoms with Gasteiger partial charge in [0.1, 0.15) is 11.5 Å². The molecule has 0 radical (unpaired) electrons. The van der Waals surface area contributed by atoms with Crippen LogP contribution in [0.1, 0.15) is 27.0 Å². The van der Waals surface area contributed by atoms with Gasteiger partial charge in [0, 0.05) is 38.7 Å². The second kappa shape index (κ2) is 17.5.